The topological polar surface area (TPSA) is 32.3 Å². The van der Waals surface area contributed by atoms with Gasteiger partial charge in [0, 0.05) is 12.0 Å². The number of nitrogens with zero attached hydrogens (tertiary/aromatic N) is 1. The highest BCUT2D eigenvalue weighted by molar-refractivity contribution is 5.80. The molecule has 0 aromatic rings. The van der Waals surface area contributed by atoms with Crippen molar-refractivity contribution in [3.05, 3.63) is 0 Å². The van der Waals surface area contributed by atoms with Crippen molar-refractivity contribution in [3.63, 3.8) is 0 Å². The van der Waals surface area contributed by atoms with Crippen molar-refractivity contribution in [1.82, 2.24) is 10.2 Å². The maximum Gasteiger partial charge on any atom is 0.406 e. The third kappa shape index (κ3) is 3.10. The molecule has 1 aliphatic heterocycles. The van der Waals surface area contributed by atoms with Crippen LogP contribution in [-0.4, -0.2) is 42.7 Å². The number of halogens is 3. The summed E-state index contributed by atoms with van der Waals surface area (Å²) in [7, 11) is 0. The van der Waals surface area contributed by atoms with E-state index in [-0.39, 0.29) is 17.9 Å². The molecule has 3 fully saturated rings. The SMILES string of the molecule is O=C(C1CC2CC2C1)N(CC(F)(F)F)C1CCNCC1. The van der Waals surface area contributed by atoms with E-state index in [4.69, 9.17) is 0 Å². The first-order valence-corrected chi connectivity index (χ1v) is 7.52. The van der Waals surface area contributed by atoms with Gasteiger partial charge in [-0.15, -0.1) is 0 Å². The van der Waals surface area contributed by atoms with Crippen molar-refractivity contribution < 1.29 is 18.0 Å². The number of piperidine rings is 1. The predicted octanol–water partition coefficient (Wildman–Crippen LogP) is 2.18. The number of amides is 1. The molecule has 3 rings (SSSR count). The lowest BCUT2D eigenvalue weighted by Crippen LogP contribution is -2.51. The zero-order valence-corrected chi connectivity index (χ0v) is 11.5. The zero-order chi connectivity index (χ0) is 14.3. The van der Waals surface area contributed by atoms with Crippen LogP contribution in [0.5, 0.6) is 0 Å². The van der Waals surface area contributed by atoms with Gasteiger partial charge >= 0.3 is 6.18 Å². The number of carbonyl (C=O) groups is 1. The Morgan fingerprint density at radius 2 is 1.70 bits per heavy atom. The van der Waals surface area contributed by atoms with Crippen LogP contribution in [0, 0.1) is 17.8 Å². The van der Waals surface area contributed by atoms with Crippen LogP contribution < -0.4 is 5.32 Å². The van der Waals surface area contributed by atoms with Gasteiger partial charge < -0.3 is 10.2 Å². The summed E-state index contributed by atoms with van der Waals surface area (Å²) in [4.78, 5) is 13.6. The molecule has 0 bridgehead atoms. The first-order chi connectivity index (χ1) is 9.44. The van der Waals surface area contributed by atoms with Gasteiger partial charge in [-0.25, -0.2) is 0 Å². The van der Waals surface area contributed by atoms with Gasteiger partial charge in [-0.2, -0.15) is 13.2 Å². The van der Waals surface area contributed by atoms with E-state index in [1.54, 1.807) is 0 Å². The molecule has 1 amide bonds. The summed E-state index contributed by atoms with van der Waals surface area (Å²) in [5.41, 5.74) is 0. The maximum atomic E-state index is 12.8. The second-order valence-corrected chi connectivity index (χ2v) is 6.49. The normalized spacial score (nSPS) is 33.9. The Labute approximate surface area is 116 Å². The van der Waals surface area contributed by atoms with Crippen molar-refractivity contribution in [3.8, 4) is 0 Å². The summed E-state index contributed by atoms with van der Waals surface area (Å²) in [6, 6.07) is -0.248. The van der Waals surface area contributed by atoms with E-state index in [1.165, 1.54) is 6.42 Å². The van der Waals surface area contributed by atoms with Gasteiger partial charge in [0.2, 0.25) is 5.91 Å². The van der Waals surface area contributed by atoms with E-state index in [0.717, 1.165) is 17.7 Å². The second-order valence-electron chi connectivity index (χ2n) is 6.49. The van der Waals surface area contributed by atoms with Crippen LogP contribution in [-0.2, 0) is 4.79 Å². The summed E-state index contributed by atoms with van der Waals surface area (Å²) in [5, 5.41) is 3.14. The number of nitrogens with one attached hydrogen (secondary N) is 1. The second kappa shape index (κ2) is 5.20. The molecule has 2 unspecified atom stereocenters. The molecule has 20 heavy (non-hydrogen) atoms. The summed E-state index contributed by atoms with van der Waals surface area (Å²) >= 11 is 0. The number of hydrogen-bond donors (Lipinski definition) is 1. The smallest absolute Gasteiger partial charge is 0.330 e. The molecule has 2 atom stereocenters. The first kappa shape index (κ1) is 14.2. The fraction of sp³-hybridized carbons (Fsp3) is 0.929. The maximum absolute atomic E-state index is 12.8. The molecule has 3 nitrogen and oxygen atoms in total. The molecule has 0 radical (unpaired) electrons. The summed E-state index contributed by atoms with van der Waals surface area (Å²) in [6.45, 7) is 0.312. The number of hydrogen-bond acceptors (Lipinski definition) is 2. The molecule has 6 heteroatoms. The molecule has 114 valence electrons. The monoisotopic (exact) mass is 290 g/mol. The van der Waals surface area contributed by atoms with Crippen LogP contribution in [0.2, 0.25) is 0 Å². The van der Waals surface area contributed by atoms with Crippen LogP contribution in [0.4, 0.5) is 13.2 Å². The molecule has 0 aromatic heterocycles. The van der Waals surface area contributed by atoms with Crippen LogP contribution in [0.25, 0.3) is 0 Å². The quantitative estimate of drug-likeness (QED) is 0.864. The van der Waals surface area contributed by atoms with Crippen molar-refractivity contribution >= 4 is 5.91 Å². The number of rotatable bonds is 3. The van der Waals surface area contributed by atoms with Crippen LogP contribution in [0.3, 0.4) is 0 Å². The molecular weight excluding hydrogens is 269 g/mol. The summed E-state index contributed by atoms with van der Waals surface area (Å²) in [6.07, 6.45) is -0.257. The lowest BCUT2D eigenvalue weighted by atomic mass is 9.98. The third-order valence-electron chi connectivity index (χ3n) is 4.97. The lowest BCUT2D eigenvalue weighted by Gasteiger charge is -2.36. The predicted molar refractivity (Wildman–Crippen MR) is 68.0 cm³/mol. The summed E-state index contributed by atoms with van der Waals surface area (Å²) < 4.78 is 38.4. The van der Waals surface area contributed by atoms with Gasteiger partial charge in [0.25, 0.3) is 0 Å². The Hall–Kier alpha value is -0.780. The first-order valence-electron chi connectivity index (χ1n) is 7.52. The molecule has 2 saturated carbocycles. The molecule has 1 N–H and O–H groups in total. The van der Waals surface area contributed by atoms with E-state index >= 15 is 0 Å². The Morgan fingerprint density at radius 3 is 2.25 bits per heavy atom. The standard InChI is InChI=1S/C14H21F3N2O/c15-14(16,17)8-19(12-1-3-18-4-2-12)13(20)11-6-9-5-10(9)7-11/h9-12,18H,1-8H2. The zero-order valence-electron chi connectivity index (χ0n) is 11.5. The van der Waals surface area contributed by atoms with Crippen LogP contribution >= 0.6 is 0 Å². The Bertz CT molecular complexity index is 369. The van der Waals surface area contributed by atoms with Gasteiger partial charge in [-0.3, -0.25) is 4.79 Å². The number of alkyl halides is 3. The average Bonchev–Trinajstić information content (AvgIpc) is 3.02. The molecule has 1 saturated heterocycles. The molecule has 0 spiro atoms. The largest absolute Gasteiger partial charge is 0.406 e. The van der Waals surface area contributed by atoms with Crippen molar-refractivity contribution in [2.75, 3.05) is 19.6 Å². The van der Waals surface area contributed by atoms with Gasteiger partial charge in [0.05, 0.1) is 0 Å². The van der Waals surface area contributed by atoms with Gasteiger partial charge in [-0.05, 0) is 57.0 Å². The highest BCUT2D eigenvalue weighted by Gasteiger charge is 2.50. The summed E-state index contributed by atoms with van der Waals surface area (Å²) in [5.74, 6) is 0.826. The molecule has 1 heterocycles. The van der Waals surface area contributed by atoms with Crippen LogP contribution in [0.15, 0.2) is 0 Å². The van der Waals surface area contributed by atoms with E-state index in [9.17, 15) is 18.0 Å². The molecule has 3 aliphatic rings. The average molecular weight is 290 g/mol. The highest BCUT2D eigenvalue weighted by atomic mass is 19.4. The van der Waals surface area contributed by atoms with Gasteiger partial charge in [-0.1, -0.05) is 0 Å². The number of carbonyl (C=O) groups excluding carboxylic acids is 1. The molecule has 2 aliphatic carbocycles. The van der Waals surface area contributed by atoms with Gasteiger partial charge in [0.1, 0.15) is 6.54 Å². The fourth-order valence-electron chi connectivity index (χ4n) is 3.85. The van der Waals surface area contributed by atoms with Crippen molar-refractivity contribution in [2.24, 2.45) is 17.8 Å². The third-order valence-corrected chi connectivity index (χ3v) is 4.97. The Kier molecular flexibility index (Phi) is 3.69. The lowest BCUT2D eigenvalue weighted by molar-refractivity contribution is -0.169. The van der Waals surface area contributed by atoms with E-state index in [2.05, 4.69) is 5.32 Å². The molecule has 0 aromatic carbocycles. The molecular formula is C14H21F3N2O. The van der Waals surface area contributed by atoms with E-state index in [0.29, 0.717) is 37.8 Å². The van der Waals surface area contributed by atoms with Crippen molar-refractivity contribution in [1.29, 1.82) is 0 Å². The van der Waals surface area contributed by atoms with Crippen LogP contribution in [0.1, 0.15) is 32.1 Å². The van der Waals surface area contributed by atoms with Crippen molar-refractivity contribution in [2.45, 2.75) is 44.3 Å². The number of fused-ring (bicyclic) bond motifs is 1. The van der Waals surface area contributed by atoms with E-state index in [1.807, 2.05) is 0 Å². The Balaban J connectivity index is 1.68. The fourth-order valence-corrected chi connectivity index (χ4v) is 3.85. The highest BCUT2D eigenvalue weighted by Crippen LogP contribution is 2.54. The minimum atomic E-state index is -4.30. The Morgan fingerprint density at radius 1 is 1.10 bits per heavy atom. The van der Waals surface area contributed by atoms with E-state index < -0.39 is 12.7 Å². The minimum absolute atomic E-state index is 0.156. The minimum Gasteiger partial charge on any atom is -0.330 e. The van der Waals surface area contributed by atoms with Gasteiger partial charge in [0.15, 0.2) is 0 Å².